The maximum absolute atomic E-state index is 13.2. The maximum Gasteiger partial charge on any atom is 0.244 e. The molecule has 0 saturated carbocycles. The second kappa shape index (κ2) is 13.8. The second-order valence-electron chi connectivity index (χ2n) is 8.72. The van der Waals surface area contributed by atoms with Crippen LogP contribution < -0.4 is 10.6 Å². The Labute approximate surface area is 228 Å². The van der Waals surface area contributed by atoms with E-state index in [0.717, 1.165) is 29.7 Å². The van der Waals surface area contributed by atoms with Crippen molar-refractivity contribution < 1.29 is 9.59 Å². The third kappa shape index (κ3) is 8.33. The number of amides is 2. The molecule has 6 nitrogen and oxygen atoms in total. The highest BCUT2D eigenvalue weighted by Gasteiger charge is 2.24. The first-order chi connectivity index (χ1) is 17.8. The van der Waals surface area contributed by atoms with Crippen LogP contribution >= 0.6 is 23.2 Å². The van der Waals surface area contributed by atoms with E-state index in [9.17, 15) is 14.9 Å². The standard InChI is InChI=1S/C29H30Cl2N4O2/c1-3-12-33-13-11-29(37)35(19-28(36)34-27-16-25(30)15-26(31)17-27)20(2)22-7-9-23(10-8-22)24-6-4-5-21(14-24)18-32/h4-10,14-17,20,33H,3,11-13,19H2,1-2H3,(H,34,36)/t20-/m0/s1. The molecule has 2 amide bonds. The van der Waals surface area contributed by atoms with E-state index in [4.69, 9.17) is 23.2 Å². The van der Waals surface area contributed by atoms with E-state index in [2.05, 4.69) is 23.6 Å². The van der Waals surface area contributed by atoms with Gasteiger partial charge in [0, 0.05) is 28.7 Å². The summed E-state index contributed by atoms with van der Waals surface area (Å²) in [6.07, 6.45) is 1.25. The number of rotatable bonds is 11. The Morgan fingerprint density at radius 1 is 0.973 bits per heavy atom. The molecule has 8 heteroatoms. The van der Waals surface area contributed by atoms with Gasteiger partial charge in [0.15, 0.2) is 0 Å². The van der Waals surface area contributed by atoms with E-state index in [-0.39, 0.29) is 30.8 Å². The van der Waals surface area contributed by atoms with Crippen molar-refractivity contribution in [2.24, 2.45) is 0 Å². The lowest BCUT2D eigenvalue weighted by Gasteiger charge is -2.29. The highest BCUT2D eigenvalue weighted by Crippen LogP contribution is 2.27. The van der Waals surface area contributed by atoms with Crippen LogP contribution in [-0.2, 0) is 9.59 Å². The predicted octanol–water partition coefficient (Wildman–Crippen LogP) is 6.45. The molecule has 192 valence electrons. The first-order valence-corrected chi connectivity index (χ1v) is 12.9. The van der Waals surface area contributed by atoms with Gasteiger partial charge in [-0.2, -0.15) is 5.26 Å². The van der Waals surface area contributed by atoms with E-state index < -0.39 is 0 Å². The zero-order valence-corrected chi connectivity index (χ0v) is 22.4. The van der Waals surface area contributed by atoms with Gasteiger partial charge in [-0.3, -0.25) is 9.59 Å². The molecule has 3 rings (SSSR count). The molecule has 0 fully saturated rings. The van der Waals surface area contributed by atoms with E-state index in [1.165, 1.54) is 0 Å². The largest absolute Gasteiger partial charge is 0.327 e. The van der Waals surface area contributed by atoms with Crippen LogP contribution in [0.3, 0.4) is 0 Å². The van der Waals surface area contributed by atoms with Crippen molar-refractivity contribution in [3.05, 3.63) is 87.9 Å². The quantitative estimate of drug-likeness (QED) is 0.275. The van der Waals surface area contributed by atoms with E-state index in [1.54, 1.807) is 29.2 Å². The predicted molar refractivity (Wildman–Crippen MR) is 150 cm³/mol. The summed E-state index contributed by atoms with van der Waals surface area (Å²) in [5.74, 6) is -0.467. The van der Waals surface area contributed by atoms with Crippen LogP contribution in [0.2, 0.25) is 10.0 Å². The van der Waals surface area contributed by atoms with Crippen molar-refractivity contribution in [3.63, 3.8) is 0 Å². The summed E-state index contributed by atoms with van der Waals surface area (Å²) >= 11 is 12.1. The van der Waals surface area contributed by atoms with Gasteiger partial charge in [0.1, 0.15) is 6.54 Å². The molecule has 0 spiro atoms. The smallest absolute Gasteiger partial charge is 0.244 e. The summed E-state index contributed by atoms with van der Waals surface area (Å²) < 4.78 is 0. The van der Waals surface area contributed by atoms with Gasteiger partial charge >= 0.3 is 0 Å². The van der Waals surface area contributed by atoms with Crippen molar-refractivity contribution in [1.29, 1.82) is 5.26 Å². The fourth-order valence-electron chi connectivity index (χ4n) is 3.97. The highest BCUT2D eigenvalue weighted by molar-refractivity contribution is 6.35. The van der Waals surface area contributed by atoms with Crippen molar-refractivity contribution in [1.82, 2.24) is 10.2 Å². The number of carbonyl (C=O) groups is 2. The minimum Gasteiger partial charge on any atom is -0.327 e. The monoisotopic (exact) mass is 536 g/mol. The van der Waals surface area contributed by atoms with Gasteiger partial charge < -0.3 is 15.5 Å². The Bertz CT molecular complexity index is 1250. The molecular weight excluding hydrogens is 507 g/mol. The third-order valence-electron chi connectivity index (χ3n) is 5.91. The normalized spacial score (nSPS) is 11.4. The lowest BCUT2D eigenvalue weighted by atomic mass is 9.99. The van der Waals surface area contributed by atoms with Crippen LogP contribution in [0.5, 0.6) is 0 Å². The van der Waals surface area contributed by atoms with Gasteiger partial charge in [0.2, 0.25) is 11.8 Å². The summed E-state index contributed by atoms with van der Waals surface area (Å²) in [7, 11) is 0. The molecule has 0 heterocycles. The van der Waals surface area contributed by atoms with Gasteiger partial charge in [0.25, 0.3) is 0 Å². The van der Waals surface area contributed by atoms with Crippen LogP contribution in [0.25, 0.3) is 11.1 Å². The average molecular weight is 537 g/mol. The van der Waals surface area contributed by atoms with Crippen LogP contribution in [0, 0.1) is 11.3 Å². The van der Waals surface area contributed by atoms with Crippen LogP contribution in [0.4, 0.5) is 5.69 Å². The van der Waals surface area contributed by atoms with E-state index in [1.807, 2.05) is 49.4 Å². The number of anilines is 1. The number of benzene rings is 3. The topological polar surface area (TPSA) is 85.2 Å². The molecule has 0 unspecified atom stereocenters. The molecule has 37 heavy (non-hydrogen) atoms. The Morgan fingerprint density at radius 3 is 2.32 bits per heavy atom. The molecule has 0 bridgehead atoms. The summed E-state index contributed by atoms with van der Waals surface area (Å²) in [4.78, 5) is 27.7. The van der Waals surface area contributed by atoms with E-state index >= 15 is 0 Å². The zero-order valence-electron chi connectivity index (χ0n) is 20.9. The Morgan fingerprint density at radius 2 is 1.68 bits per heavy atom. The summed E-state index contributed by atoms with van der Waals surface area (Å²) in [6, 6.07) is 21.8. The molecule has 0 aliphatic carbocycles. The molecule has 0 aliphatic heterocycles. The van der Waals surface area contributed by atoms with Crippen molar-refractivity contribution in [2.75, 3.05) is 25.0 Å². The molecule has 0 aliphatic rings. The number of hydrogen-bond acceptors (Lipinski definition) is 4. The second-order valence-corrected chi connectivity index (χ2v) is 9.59. The van der Waals surface area contributed by atoms with Crippen LogP contribution in [0.15, 0.2) is 66.7 Å². The minimum atomic E-state index is -0.343. The van der Waals surface area contributed by atoms with Crippen molar-refractivity contribution >= 4 is 40.7 Å². The lowest BCUT2D eigenvalue weighted by Crippen LogP contribution is -2.40. The van der Waals surface area contributed by atoms with Gasteiger partial charge in [-0.15, -0.1) is 0 Å². The van der Waals surface area contributed by atoms with Gasteiger partial charge in [-0.1, -0.05) is 66.5 Å². The zero-order chi connectivity index (χ0) is 26.8. The summed E-state index contributed by atoms with van der Waals surface area (Å²) in [5, 5.41) is 16.0. The van der Waals surface area contributed by atoms with Gasteiger partial charge in [-0.25, -0.2) is 0 Å². The van der Waals surface area contributed by atoms with Crippen molar-refractivity contribution in [2.45, 2.75) is 32.7 Å². The molecule has 3 aromatic rings. The molecule has 0 aromatic heterocycles. The molecule has 1 atom stereocenters. The van der Waals surface area contributed by atoms with Crippen LogP contribution in [-0.4, -0.2) is 36.3 Å². The molecular formula is C29H30Cl2N4O2. The number of nitrogens with one attached hydrogen (secondary N) is 2. The maximum atomic E-state index is 13.2. The summed E-state index contributed by atoms with van der Waals surface area (Å²) in [6.45, 7) is 5.22. The number of nitrogens with zero attached hydrogens (tertiary/aromatic N) is 2. The first-order valence-electron chi connectivity index (χ1n) is 12.2. The number of hydrogen-bond donors (Lipinski definition) is 2. The van der Waals surface area contributed by atoms with E-state index in [0.29, 0.717) is 27.8 Å². The number of nitriles is 1. The molecule has 3 aromatic carbocycles. The molecule has 0 radical (unpaired) electrons. The Balaban J connectivity index is 1.78. The summed E-state index contributed by atoms with van der Waals surface area (Å²) in [5.41, 5.74) is 3.86. The molecule has 0 saturated heterocycles. The SMILES string of the molecule is CCCNCCC(=O)N(CC(=O)Nc1cc(Cl)cc(Cl)c1)[C@@H](C)c1ccc(-c2cccc(C#N)c2)cc1. The third-order valence-corrected chi connectivity index (χ3v) is 6.35. The van der Waals surface area contributed by atoms with Crippen LogP contribution in [0.1, 0.15) is 43.9 Å². The number of halogens is 2. The molecule has 2 N–H and O–H groups in total. The minimum absolute atomic E-state index is 0.121. The highest BCUT2D eigenvalue weighted by atomic mass is 35.5. The van der Waals surface area contributed by atoms with Gasteiger partial charge in [0.05, 0.1) is 17.7 Å². The number of carbonyl (C=O) groups excluding carboxylic acids is 2. The van der Waals surface area contributed by atoms with Gasteiger partial charge in [-0.05, 0) is 66.9 Å². The fraction of sp³-hybridized carbons (Fsp3) is 0.276. The van der Waals surface area contributed by atoms with Crippen molar-refractivity contribution in [3.8, 4) is 17.2 Å². The Hall–Kier alpha value is -3.37. The first kappa shape index (κ1) is 28.2. The average Bonchev–Trinajstić information content (AvgIpc) is 2.88. The Kier molecular flexibility index (Phi) is 10.5. The fourth-order valence-corrected chi connectivity index (χ4v) is 4.49. The lowest BCUT2D eigenvalue weighted by molar-refractivity contribution is -0.136.